The fraction of sp³-hybridized carbons (Fsp3) is 0.280. The zero-order valence-corrected chi connectivity index (χ0v) is 19.9. The molecule has 3 amide bonds. The standard InChI is InChI=1S/C25H23ClN4O3S/c26-20-8-7-19(34-20)23(31)28-18-5-3-4-17-22(18)25(33)30(24(17)32)15-11-16-9-13-29(14-10-16)21-6-1-2-12-27-21/h1-8,12,16H,9-11,13-15H2,(H,28,31). The van der Waals surface area contributed by atoms with Crippen LogP contribution in [0.2, 0.25) is 4.34 Å². The Balaban J connectivity index is 1.22. The lowest BCUT2D eigenvalue weighted by molar-refractivity contribution is 0.0643. The molecule has 174 valence electrons. The van der Waals surface area contributed by atoms with Gasteiger partial charge in [-0.05, 0) is 61.6 Å². The minimum absolute atomic E-state index is 0.258. The number of rotatable bonds is 6. The molecule has 1 N–H and O–H groups in total. The van der Waals surface area contributed by atoms with Gasteiger partial charge >= 0.3 is 0 Å². The summed E-state index contributed by atoms with van der Waals surface area (Å²) < 4.78 is 0.506. The van der Waals surface area contributed by atoms with Crippen LogP contribution < -0.4 is 10.2 Å². The molecular weight excluding hydrogens is 472 g/mol. The maximum Gasteiger partial charge on any atom is 0.265 e. The van der Waals surface area contributed by atoms with Crippen LogP contribution in [0.5, 0.6) is 0 Å². The fourth-order valence-corrected chi connectivity index (χ4v) is 5.50. The van der Waals surface area contributed by atoms with Gasteiger partial charge in [-0.2, -0.15) is 0 Å². The molecule has 3 aromatic rings. The van der Waals surface area contributed by atoms with Gasteiger partial charge in [-0.25, -0.2) is 4.98 Å². The summed E-state index contributed by atoms with van der Waals surface area (Å²) in [6.07, 6.45) is 4.54. The first-order valence-corrected chi connectivity index (χ1v) is 12.4. The quantitative estimate of drug-likeness (QED) is 0.490. The van der Waals surface area contributed by atoms with Gasteiger partial charge in [0.25, 0.3) is 17.7 Å². The number of carbonyl (C=O) groups excluding carboxylic acids is 3. The van der Waals surface area contributed by atoms with Crippen LogP contribution in [-0.4, -0.2) is 47.2 Å². The number of benzene rings is 1. The van der Waals surface area contributed by atoms with E-state index in [-0.39, 0.29) is 23.3 Å². The summed E-state index contributed by atoms with van der Waals surface area (Å²) in [5.41, 5.74) is 0.932. The number of nitrogens with zero attached hydrogens (tertiary/aromatic N) is 3. The Morgan fingerprint density at radius 1 is 1.06 bits per heavy atom. The largest absolute Gasteiger partial charge is 0.357 e. The van der Waals surface area contributed by atoms with Crippen molar-refractivity contribution in [2.75, 3.05) is 29.9 Å². The van der Waals surface area contributed by atoms with Crippen LogP contribution in [0.4, 0.5) is 11.5 Å². The summed E-state index contributed by atoms with van der Waals surface area (Å²) in [6, 6.07) is 14.2. The number of anilines is 2. The van der Waals surface area contributed by atoms with Crippen molar-refractivity contribution in [3.63, 3.8) is 0 Å². The highest BCUT2D eigenvalue weighted by atomic mass is 35.5. The summed E-state index contributed by atoms with van der Waals surface area (Å²) in [5, 5.41) is 2.77. The van der Waals surface area contributed by atoms with Crippen molar-refractivity contribution in [1.29, 1.82) is 0 Å². The number of hydrogen-bond acceptors (Lipinski definition) is 6. The van der Waals surface area contributed by atoms with E-state index in [0.717, 1.165) is 49.5 Å². The highest BCUT2D eigenvalue weighted by molar-refractivity contribution is 7.18. The number of imide groups is 1. The van der Waals surface area contributed by atoms with Crippen molar-refractivity contribution in [2.24, 2.45) is 5.92 Å². The molecule has 1 aromatic carbocycles. The minimum Gasteiger partial charge on any atom is -0.357 e. The van der Waals surface area contributed by atoms with Crippen molar-refractivity contribution in [3.05, 3.63) is 75.1 Å². The molecule has 0 aliphatic carbocycles. The van der Waals surface area contributed by atoms with Gasteiger partial charge in [0.2, 0.25) is 0 Å². The number of halogens is 1. The molecule has 0 bridgehead atoms. The number of piperidine rings is 1. The van der Waals surface area contributed by atoms with Crippen molar-refractivity contribution < 1.29 is 14.4 Å². The predicted octanol–water partition coefficient (Wildman–Crippen LogP) is 4.95. The molecule has 4 heterocycles. The topological polar surface area (TPSA) is 82.6 Å². The van der Waals surface area contributed by atoms with Gasteiger partial charge in [0, 0.05) is 25.8 Å². The smallest absolute Gasteiger partial charge is 0.265 e. The summed E-state index contributed by atoms with van der Waals surface area (Å²) >= 11 is 7.08. The molecule has 0 atom stereocenters. The zero-order chi connectivity index (χ0) is 23.7. The predicted molar refractivity (Wildman–Crippen MR) is 133 cm³/mol. The summed E-state index contributed by atoms with van der Waals surface area (Å²) in [4.78, 5) is 47.2. The average Bonchev–Trinajstić information content (AvgIpc) is 3.40. The maximum absolute atomic E-state index is 13.2. The minimum atomic E-state index is -0.358. The molecule has 5 rings (SSSR count). The van der Waals surface area contributed by atoms with E-state index in [0.29, 0.717) is 32.9 Å². The van der Waals surface area contributed by atoms with Crippen LogP contribution in [0, 0.1) is 5.92 Å². The highest BCUT2D eigenvalue weighted by Gasteiger charge is 2.38. The number of amides is 3. The maximum atomic E-state index is 13.2. The molecule has 0 unspecified atom stereocenters. The Morgan fingerprint density at radius 3 is 2.59 bits per heavy atom. The highest BCUT2D eigenvalue weighted by Crippen LogP contribution is 2.32. The van der Waals surface area contributed by atoms with E-state index in [4.69, 9.17) is 11.6 Å². The van der Waals surface area contributed by atoms with E-state index < -0.39 is 0 Å². The lowest BCUT2D eigenvalue weighted by Gasteiger charge is -2.33. The Kier molecular flexibility index (Phi) is 6.34. The molecule has 34 heavy (non-hydrogen) atoms. The third-order valence-electron chi connectivity index (χ3n) is 6.39. The number of thiophene rings is 1. The number of fused-ring (bicyclic) bond motifs is 1. The van der Waals surface area contributed by atoms with Crippen molar-refractivity contribution in [3.8, 4) is 0 Å². The van der Waals surface area contributed by atoms with Crippen LogP contribution in [0.1, 0.15) is 49.7 Å². The second-order valence-corrected chi connectivity index (χ2v) is 10.2. The molecule has 1 fully saturated rings. The Labute approximate surface area is 206 Å². The molecule has 0 radical (unpaired) electrons. The number of carbonyl (C=O) groups is 3. The molecule has 0 saturated carbocycles. The molecule has 9 heteroatoms. The van der Waals surface area contributed by atoms with E-state index >= 15 is 0 Å². The molecular formula is C25H23ClN4O3S. The van der Waals surface area contributed by atoms with Crippen LogP contribution in [0.15, 0.2) is 54.7 Å². The first kappa shape index (κ1) is 22.6. The number of pyridine rings is 1. The Bertz CT molecular complexity index is 1240. The number of aromatic nitrogens is 1. The SMILES string of the molecule is O=C(Nc1cccc2c1C(=O)N(CCC1CCN(c3ccccn3)CC1)C2=O)c1ccc(Cl)s1. The summed E-state index contributed by atoms with van der Waals surface area (Å²) in [6.45, 7) is 2.19. The lowest BCUT2D eigenvalue weighted by Crippen LogP contribution is -2.37. The van der Waals surface area contributed by atoms with E-state index in [1.54, 1.807) is 36.5 Å². The third kappa shape index (κ3) is 4.43. The zero-order valence-electron chi connectivity index (χ0n) is 18.4. The number of hydrogen-bond donors (Lipinski definition) is 1. The van der Waals surface area contributed by atoms with Crippen molar-refractivity contribution in [2.45, 2.75) is 19.3 Å². The molecule has 7 nitrogen and oxygen atoms in total. The fourth-order valence-electron chi connectivity index (χ4n) is 4.56. The van der Waals surface area contributed by atoms with E-state index in [2.05, 4.69) is 15.2 Å². The Morgan fingerprint density at radius 2 is 1.88 bits per heavy atom. The van der Waals surface area contributed by atoms with Gasteiger partial charge in [-0.15, -0.1) is 11.3 Å². The number of nitrogens with one attached hydrogen (secondary N) is 1. The van der Waals surface area contributed by atoms with Gasteiger partial charge in [0.05, 0.1) is 26.0 Å². The van der Waals surface area contributed by atoms with Gasteiger partial charge in [-0.1, -0.05) is 23.7 Å². The third-order valence-corrected chi connectivity index (χ3v) is 7.62. The van der Waals surface area contributed by atoms with Gasteiger partial charge in [0.1, 0.15) is 5.82 Å². The lowest BCUT2D eigenvalue weighted by atomic mass is 9.93. The van der Waals surface area contributed by atoms with Crippen LogP contribution in [-0.2, 0) is 0 Å². The van der Waals surface area contributed by atoms with Gasteiger partial charge in [0.15, 0.2) is 0 Å². The van der Waals surface area contributed by atoms with E-state index in [9.17, 15) is 14.4 Å². The summed E-state index contributed by atoms with van der Waals surface area (Å²) in [7, 11) is 0. The molecule has 1 saturated heterocycles. The van der Waals surface area contributed by atoms with Crippen LogP contribution >= 0.6 is 22.9 Å². The average molecular weight is 495 g/mol. The molecule has 2 aliphatic rings. The molecule has 2 aromatic heterocycles. The summed E-state index contributed by atoms with van der Waals surface area (Å²) in [5.74, 6) is 0.406. The van der Waals surface area contributed by atoms with Crippen molar-refractivity contribution >= 4 is 52.2 Å². The van der Waals surface area contributed by atoms with Gasteiger partial charge in [-0.3, -0.25) is 19.3 Å². The Hall–Kier alpha value is -3.23. The molecule has 0 spiro atoms. The first-order valence-electron chi connectivity index (χ1n) is 11.2. The van der Waals surface area contributed by atoms with Crippen molar-refractivity contribution in [1.82, 2.24) is 9.88 Å². The second-order valence-electron chi connectivity index (χ2n) is 8.45. The van der Waals surface area contributed by atoms with E-state index in [1.165, 1.54) is 4.90 Å². The van der Waals surface area contributed by atoms with Crippen LogP contribution in [0.3, 0.4) is 0 Å². The monoisotopic (exact) mass is 494 g/mol. The van der Waals surface area contributed by atoms with Gasteiger partial charge < -0.3 is 10.2 Å². The normalized spacial score (nSPS) is 16.1. The van der Waals surface area contributed by atoms with Crippen LogP contribution in [0.25, 0.3) is 0 Å². The van der Waals surface area contributed by atoms with E-state index in [1.807, 2.05) is 18.2 Å². The second kappa shape index (κ2) is 9.56. The first-order chi connectivity index (χ1) is 16.5. The molecule has 2 aliphatic heterocycles.